The van der Waals surface area contributed by atoms with Gasteiger partial charge in [-0.15, -0.1) is 0 Å². The summed E-state index contributed by atoms with van der Waals surface area (Å²) in [5.74, 6) is 0. The zero-order valence-electron chi connectivity index (χ0n) is 10.6. The lowest BCUT2D eigenvalue weighted by Crippen LogP contribution is -2.18. The highest BCUT2D eigenvalue weighted by Gasteiger charge is 2.11. The molecular weight excluding hydrogens is 298 g/mol. The maximum atomic E-state index is 11.9. The number of nitrogens with zero attached hydrogens (tertiary/aromatic N) is 2. The number of benzene rings is 1. The molecule has 1 aromatic heterocycles. The van der Waals surface area contributed by atoms with Crippen molar-refractivity contribution < 1.29 is 8.42 Å². The minimum atomic E-state index is -3.65. The molecule has 7 heteroatoms. The molecule has 1 heterocycles. The fourth-order valence-corrected chi connectivity index (χ4v) is 2.31. The summed E-state index contributed by atoms with van der Waals surface area (Å²) in [5.41, 5.74) is 1.63. The molecule has 0 fully saturated rings. The van der Waals surface area contributed by atoms with Crippen LogP contribution < -0.4 is 4.83 Å². The second-order valence-electron chi connectivity index (χ2n) is 4.08. The van der Waals surface area contributed by atoms with Crippen LogP contribution in [0.1, 0.15) is 11.1 Å². The standard InChI is InChI=1S/C13H12ClN3O2S/c1-10-2-5-12(6-3-10)20(18,19)17-16-9-11-4-7-13(14)15-8-11/h2-9,17H,1H3/b16-9+. The number of sulfonamides is 1. The Hall–Kier alpha value is -1.92. The molecule has 0 atom stereocenters. The first-order valence-corrected chi connectivity index (χ1v) is 7.56. The Morgan fingerprint density at radius 2 is 1.90 bits per heavy atom. The predicted octanol–water partition coefficient (Wildman–Crippen LogP) is 2.36. The van der Waals surface area contributed by atoms with Crippen LogP contribution in [0.4, 0.5) is 0 Å². The van der Waals surface area contributed by atoms with Gasteiger partial charge in [-0.25, -0.2) is 9.82 Å². The quantitative estimate of drug-likeness (QED) is 0.535. The van der Waals surface area contributed by atoms with Gasteiger partial charge in [0.05, 0.1) is 11.1 Å². The van der Waals surface area contributed by atoms with Gasteiger partial charge in [-0.2, -0.15) is 13.5 Å². The molecule has 5 nitrogen and oxygen atoms in total. The summed E-state index contributed by atoms with van der Waals surface area (Å²) in [6, 6.07) is 9.77. The summed E-state index contributed by atoms with van der Waals surface area (Å²) < 4.78 is 23.9. The smallest absolute Gasteiger partial charge is 0.244 e. The fourth-order valence-electron chi connectivity index (χ4n) is 1.40. The Balaban J connectivity index is 2.09. The summed E-state index contributed by atoms with van der Waals surface area (Å²) in [5, 5.41) is 4.06. The van der Waals surface area contributed by atoms with Crippen LogP contribution >= 0.6 is 11.6 Å². The van der Waals surface area contributed by atoms with E-state index in [1.807, 2.05) is 6.92 Å². The van der Waals surface area contributed by atoms with Crippen LogP contribution in [0.25, 0.3) is 0 Å². The molecule has 0 bridgehead atoms. The van der Waals surface area contributed by atoms with Crippen molar-refractivity contribution in [3.8, 4) is 0 Å². The molecule has 1 N–H and O–H groups in total. The number of rotatable bonds is 4. The van der Waals surface area contributed by atoms with Crippen molar-refractivity contribution in [3.05, 3.63) is 58.9 Å². The molecular formula is C13H12ClN3O2S. The highest BCUT2D eigenvalue weighted by molar-refractivity contribution is 7.89. The van der Waals surface area contributed by atoms with Crippen LogP contribution in [0, 0.1) is 6.92 Å². The molecule has 2 aromatic rings. The van der Waals surface area contributed by atoms with Crippen LogP contribution in [0.15, 0.2) is 52.6 Å². The van der Waals surface area contributed by atoms with E-state index in [0.29, 0.717) is 10.7 Å². The van der Waals surface area contributed by atoms with Crippen molar-refractivity contribution in [2.45, 2.75) is 11.8 Å². The lowest BCUT2D eigenvalue weighted by Gasteiger charge is -2.03. The molecule has 1 aromatic carbocycles. The molecule has 0 radical (unpaired) electrons. The van der Waals surface area contributed by atoms with Crippen molar-refractivity contribution in [1.29, 1.82) is 0 Å². The highest BCUT2D eigenvalue weighted by Crippen LogP contribution is 2.09. The SMILES string of the molecule is Cc1ccc(S(=O)(=O)N/N=C/c2ccc(Cl)nc2)cc1. The number of aromatic nitrogens is 1. The largest absolute Gasteiger partial charge is 0.276 e. The Morgan fingerprint density at radius 1 is 1.20 bits per heavy atom. The minimum absolute atomic E-state index is 0.162. The molecule has 0 unspecified atom stereocenters. The zero-order chi connectivity index (χ0) is 14.6. The number of pyridine rings is 1. The number of hydrogen-bond acceptors (Lipinski definition) is 4. The van der Waals surface area contributed by atoms with Gasteiger partial charge in [0, 0.05) is 11.8 Å². The monoisotopic (exact) mass is 309 g/mol. The van der Waals surface area contributed by atoms with Gasteiger partial charge >= 0.3 is 0 Å². The maximum absolute atomic E-state index is 11.9. The molecule has 0 aliphatic carbocycles. The number of hydrogen-bond donors (Lipinski definition) is 1. The summed E-state index contributed by atoms with van der Waals surface area (Å²) in [4.78, 5) is 6.16. The Labute approximate surface area is 122 Å². The first-order chi connectivity index (χ1) is 9.47. The molecule has 0 saturated heterocycles. The van der Waals surface area contributed by atoms with Gasteiger partial charge in [-0.1, -0.05) is 29.3 Å². The summed E-state index contributed by atoms with van der Waals surface area (Å²) >= 11 is 5.64. The molecule has 0 spiro atoms. The third-order valence-electron chi connectivity index (χ3n) is 2.47. The topological polar surface area (TPSA) is 71.4 Å². The van der Waals surface area contributed by atoms with Crippen LogP contribution in [-0.4, -0.2) is 19.6 Å². The maximum Gasteiger partial charge on any atom is 0.276 e. The average molecular weight is 310 g/mol. The molecule has 0 aliphatic heterocycles. The van der Waals surface area contributed by atoms with Crippen molar-refractivity contribution >= 4 is 27.8 Å². The van der Waals surface area contributed by atoms with Crippen LogP contribution in [-0.2, 0) is 10.0 Å². The van der Waals surface area contributed by atoms with Crippen molar-refractivity contribution in [1.82, 2.24) is 9.82 Å². The van der Waals surface area contributed by atoms with Gasteiger partial charge in [-0.05, 0) is 31.2 Å². The van der Waals surface area contributed by atoms with E-state index in [-0.39, 0.29) is 4.90 Å². The number of halogens is 1. The third-order valence-corrected chi connectivity index (χ3v) is 3.93. The summed E-state index contributed by atoms with van der Waals surface area (Å²) in [7, 11) is -3.65. The zero-order valence-corrected chi connectivity index (χ0v) is 12.2. The van der Waals surface area contributed by atoms with E-state index in [4.69, 9.17) is 11.6 Å². The van der Waals surface area contributed by atoms with Gasteiger partial charge in [0.15, 0.2) is 0 Å². The Kier molecular flexibility index (Phi) is 4.36. The highest BCUT2D eigenvalue weighted by atomic mass is 35.5. The van der Waals surface area contributed by atoms with Crippen LogP contribution in [0.3, 0.4) is 0 Å². The second kappa shape index (κ2) is 6.02. The summed E-state index contributed by atoms with van der Waals surface area (Å²) in [6.07, 6.45) is 2.85. The van der Waals surface area contributed by atoms with E-state index in [1.54, 1.807) is 24.3 Å². The second-order valence-corrected chi connectivity index (χ2v) is 6.13. The van der Waals surface area contributed by atoms with E-state index in [2.05, 4.69) is 14.9 Å². The number of nitrogens with one attached hydrogen (secondary N) is 1. The predicted molar refractivity (Wildman–Crippen MR) is 78.3 cm³/mol. The van der Waals surface area contributed by atoms with E-state index in [1.165, 1.54) is 24.5 Å². The average Bonchev–Trinajstić information content (AvgIpc) is 2.41. The first kappa shape index (κ1) is 14.5. The van der Waals surface area contributed by atoms with E-state index < -0.39 is 10.0 Å². The van der Waals surface area contributed by atoms with Gasteiger partial charge in [0.1, 0.15) is 5.15 Å². The minimum Gasteiger partial charge on any atom is -0.244 e. The third kappa shape index (κ3) is 3.79. The number of hydrazone groups is 1. The number of aryl methyl sites for hydroxylation is 1. The van der Waals surface area contributed by atoms with Crippen LogP contribution in [0.5, 0.6) is 0 Å². The van der Waals surface area contributed by atoms with Crippen LogP contribution in [0.2, 0.25) is 5.15 Å². The van der Waals surface area contributed by atoms with Crippen molar-refractivity contribution in [2.75, 3.05) is 0 Å². The Morgan fingerprint density at radius 3 is 2.50 bits per heavy atom. The summed E-state index contributed by atoms with van der Waals surface area (Å²) in [6.45, 7) is 1.88. The Bertz CT molecular complexity index is 710. The normalized spacial score (nSPS) is 11.7. The van der Waals surface area contributed by atoms with Gasteiger partial charge in [0.25, 0.3) is 10.0 Å². The molecule has 20 heavy (non-hydrogen) atoms. The van der Waals surface area contributed by atoms with Gasteiger partial charge in [-0.3, -0.25) is 0 Å². The molecule has 2 rings (SSSR count). The lowest BCUT2D eigenvalue weighted by molar-refractivity contribution is 0.584. The van der Waals surface area contributed by atoms with Gasteiger partial charge in [0.2, 0.25) is 0 Å². The van der Waals surface area contributed by atoms with E-state index in [0.717, 1.165) is 5.56 Å². The lowest BCUT2D eigenvalue weighted by atomic mass is 10.2. The molecule has 0 aliphatic rings. The first-order valence-electron chi connectivity index (χ1n) is 5.70. The van der Waals surface area contributed by atoms with Gasteiger partial charge < -0.3 is 0 Å². The van der Waals surface area contributed by atoms with E-state index >= 15 is 0 Å². The molecule has 0 amide bonds. The van der Waals surface area contributed by atoms with Crippen molar-refractivity contribution in [2.24, 2.45) is 5.10 Å². The van der Waals surface area contributed by atoms with Crippen molar-refractivity contribution in [3.63, 3.8) is 0 Å². The fraction of sp³-hybridized carbons (Fsp3) is 0.0769. The molecule has 0 saturated carbocycles. The van der Waals surface area contributed by atoms with E-state index in [9.17, 15) is 8.42 Å². The molecule has 104 valence electrons.